The summed E-state index contributed by atoms with van der Waals surface area (Å²) in [6.07, 6.45) is 0. The monoisotopic (exact) mass is 346 g/mol. The molecular weight excluding hydrogens is 303 g/mol. The largest absolute Gasteiger partial charge is 0.498 e. The average molecular weight is 346 g/mol. The van der Waals surface area contributed by atoms with Crippen molar-refractivity contribution in [3.05, 3.63) is 18.2 Å². The highest BCUT2D eigenvalue weighted by molar-refractivity contribution is 6.63. The highest BCUT2D eigenvalue weighted by atomic mass is 16.7. The molecule has 0 amide bonds. The zero-order chi connectivity index (χ0) is 29.7. The maximum atomic E-state index is 8.51. The van der Waals surface area contributed by atoms with Crippen LogP contribution in [0.15, 0.2) is 18.2 Å². The minimum Gasteiger partial charge on any atom is -0.497 e. The van der Waals surface area contributed by atoms with E-state index >= 15 is 0 Å². The van der Waals surface area contributed by atoms with Crippen molar-refractivity contribution in [3.63, 3.8) is 0 Å². The molecule has 0 saturated carbocycles. The van der Waals surface area contributed by atoms with Crippen LogP contribution in [0.5, 0.6) is 5.75 Å². The lowest BCUT2D eigenvalue weighted by atomic mass is 9.78. The van der Waals surface area contributed by atoms with E-state index in [2.05, 4.69) is 0 Å². The van der Waals surface area contributed by atoms with Crippen molar-refractivity contribution in [2.24, 2.45) is 0 Å². The average Bonchev–Trinajstić information content (AvgIpc) is 2.85. The Morgan fingerprint density at radius 3 is 2.38 bits per heavy atom. The second-order valence-electron chi connectivity index (χ2n) is 6.53. The van der Waals surface area contributed by atoms with Gasteiger partial charge in [0.25, 0.3) is 0 Å². The first-order chi connectivity index (χ1) is 16.6. The van der Waals surface area contributed by atoms with Gasteiger partial charge in [0.1, 0.15) is 5.75 Å². The van der Waals surface area contributed by atoms with Gasteiger partial charge >= 0.3 is 7.12 Å². The summed E-state index contributed by atoms with van der Waals surface area (Å²) in [5.74, 6) is -0.277. The summed E-state index contributed by atoms with van der Waals surface area (Å²) >= 11 is 0. The van der Waals surface area contributed by atoms with Crippen molar-refractivity contribution in [3.8, 4) is 5.75 Å². The van der Waals surface area contributed by atoms with Crippen LogP contribution in [-0.4, -0.2) is 63.2 Å². The fourth-order valence-electron chi connectivity index (χ4n) is 2.31. The molecule has 5 nitrogen and oxygen atoms in total. The van der Waals surface area contributed by atoms with Gasteiger partial charge in [-0.25, -0.2) is 0 Å². The molecule has 0 spiro atoms. The van der Waals surface area contributed by atoms with Crippen LogP contribution < -0.4 is 15.1 Å². The number of likely N-dealkylation sites (N-methyl/N-ethyl adjacent to an activating group) is 1. The summed E-state index contributed by atoms with van der Waals surface area (Å²) in [6.45, 7) is -10.8. The number of nitrogens with zero attached hydrogens (tertiary/aromatic N) is 2. The first-order valence-corrected chi connectivity index (χ1v) is 7.41. The van der Waals surface area contributed by atoms with E-state index in [1.165, 1.54) is 0 Å². The summed E-state index contributed by atoms with van der Waals surface area (Å²) in [5, 5.41) is 0. The zero-order valence-corrected chi connectivity index (χ0v) is 13.9. The van der Waals surface area contributed by atoms with Crippen LogP contribution >= 0.6 is 0 Å². The lowest BCUT2D eigenvalue weighted by molar-refractivity contribution is 0.00578. The number of hydrogen-bond donors (Lipinski definition) is 0. The van der Waals surface area contributed by atoms with Crippen molar-refractivity contribution < 1.29 is 33.2 Å². The normalized spacial score (nSPS) is 41.7. The molecule has 0 N–H and O–H groups in total. The Labute approximate surface area is 165 Å². The summed E-state index contributed by atoms with van der Waals surface area (Å²) < 4.78 is 130. The Balaban J connectivity index is 2.26. The number of anilines is 1. The molecule has 0 aliphatic carbocycles. The molecule has 2 heterocycles. The van der Waals surface area contributed by atoms with Crippen molar-refractivity contribution >= 4 is 18.3 Å². The van der Waals surface area contributed by atoms with Gasteiger partial charge < -0.3 is 23.8 Å². The zero-order valence-electron chi connectivity index (χ0n) is 27.9. The van der Waals surface area contributed by atoms with E-state index in [1.54, 1.807) is 27.7 Å². The van der Waals surface area contributed by atoms with Gasteiger partial charge in [-0.3, -0.25) is 0 Å². The number of ether oxygens (including phenoxy) is 1. The van der Waals surface area contributed by atoms with E-state index in [9.17, 15) is 0 Å². The Bertz CT molecular complexity index is 1050. The minimum absolute atomic E-state index is 0.108. The predicted octanol–water partition coefficient (Wildman–Crippen LogP) is 1.75. The maximum absolute atomic E-state index is 8.51. The highest BCUT2D eigenvalue weighted by Crippen LogP contribution is 2.37. The number of rotatable bonds is 3. The van der Waals surface area contributed by atoms with E-state index in [0.717, 1.165) is 18.2 Å². The van der Waals surface area contributed by atoms with Crippen molar-refractivity contribution in [1.29, 1.82) is 0 Å². The van der Waals surface area contributed by atoms with Crippen LogP contribution in [0.3, 0.4) is 0 Å². The molecule has 2 saturated heterocycles. The maximum Gasteiger partial charge on any atom is 0.498 e. The van der Waals surface area contributed by atoms with Crippen LogP contribution in [0, 0.1) is 0 Å². The molecule has 0 bridgehead atoms. The molecule has 0 radical (unpaired) electrons. The van der Waals surface area contributed by atoms with E-state index in [4.69, 9.17) is 33.2 Å². The Morgan fingerprint density at radius 1 is 1.12 bits per heavy atom. The Morgan fingerprint density at radius 2 is 1.79 bits per heavy atom. The molecule has 1 aromatic rings. The van der Waals surface area contributed by atoms with Gasteiger partial charge in [0.15, 0.2) is 0 Å². The van der Waals surface area contributed by atoms with E-state index < -0.39 is 68.9 Å². The summed E-state index contributed by atoms with van der Waals surface area (Å²) in [4.78, 5) is -0.263. The van der Waals surface area contributed by atoms with Crippen LogP contribution in [0.1, 0.15) is 46.9 Å². The van der Waals surface area contributed by atoms with Gasteiger partial charge in [-0.1, -0.05) is 0 Å². The van der Waals surface area contributed by atoms with Crippen molar-refractivity contribution in [1.82, 2.24) is 4.90 Å². The second kappa shape index (κ2) is 6.25. The SMILES string of the molecule is [2H]C([2H])([2H])Oc1ccc(N2C([2H])([2H])C([2H])([2H])N(C([2H])([2H])[2H])C([2H])([2H])C2([2H])[2H])cc1B1OC(C)(C)C(C)(C)O1. The number of piperazine rings is 1. The van der Waals surface area contributed by atoms with Crippen LogP contribution in [0.2, 0.25) is 0 Å². The number of methoxy groups -OCH3 is 1. The third kappa shape index (κ3) is 3.15. The molecule has 2 aliphatic heterocycles. The van der Waals surface area contributed by atoms with Gasteiger partial charge in [-0.2, -0.15) is 0 Å². The van der Waals surface area contributed by atoms with E-state index in [1.807, 2.05) is 0 Å². The quantitative estimate of drug-likeness (QED) is 0.779. The van der Waals surface area contributed by atoms with Gasteiger partial charge in [0, 0.05) is 46.7 Å². The molecule has 132 valence electrons. The smallest absolute Gasteiger partial charge is 0.497 e. The van der Waals surface area contributed by atoms with Crippen molar-refractivity contribution in [2.45, 2.75) is 38.9 Å². The molecule has 3 rings (SSSR count). The lowest BCUT2D eigenvalue weighted by Crippen LogP contribution is -2.45. The fourth-order valence-corrected chi connectivity index (χ4v) is 2.31. The predicted molar refractivity (Wildman–Crippen MR) is 98.4 cm³/mol. The van der Waals surface area contributed by atoms with Crippen LogP contribution in [0.25, 0.3) is 0 Å². The molecule has 0 aromatic heterocycles. The first-order valence-electron chi connectivity index (χ1n) is 14.4. The number of hydrogen-bond acceptors (Lipinski definition) is 5. The molecule has 2 fully saturated rings. The third-order valence-corrected chi connectivity index (χ3v) is 4.42. The Hall–Kier alpha value is -1.24. The van der Waals surface area contributed by atoms with E-state index in [0.29, 0.717) is 0 Å². The Kier molecular flexibility index (Phi) is 1.87. The van der Waals surface area contributed by atoms with Gasteiger partial charge in [-0.05, 0) is 52.9 Å². The fraction of sp³-hybridized carbons (Fsp3) is 0.667. The second-order valence-corrected chi connectivity index (χ2v) is 6.53. The number of benzene rings is 1. The summed E-state index contributed by atoms with van der Waals surface area (Å²) in [7, 11) is -4.21. The summed E-state index contributed by atoms with van der Waals surface area (Å²) in [6, 6.07) is 3.13. The lowest BCUT2D eigenvalue weighted by Gasteiger charge is -2.34. The molecule has 0 unspecified atom stereocenters. The standard InChI is InChI=1S/C18H29BN2O3/c1-17(2)18(3,4)24-19(23-17)15-13-14(7-8-16(15)22-6)21-11-9-20(5)10-12-21/h7-8,13H,9-12H2,1-6H3/i5D3,6D3,9D2,10D2,11D2,12D2. The van der Waals surface area contributed by atoms with Gasteiger partial charge in [0.2, 0.25) is 0 Å². The third-order valence-electron chi connectivity index (χ3n) is 4.42. The molecule has 1 aromatic carbocycles. The summed E-state index contributed by atoms with van der Waals surface area (Å²) in [5.41, 5.74) is -2.37. The van der Waals surface area contributed by atoms with Crippen LogP contribution in [-0.2, 0) is 9.31 Å². The minimum atomic E-state index is -3.58. The topological polar surface area (TPSA) is 34.2 Å². The molecular formula is C18H29BN2O3. The first kappa shape index (κ1) is 7.18. The molecule has 24 heavy (non-hydrogen) atoms. The molecule has 2 aliphatic rings. The van der Waals surface area contributed by atoms with Crippen LogP contribution in [0.4, 0.5) is 5.69 Å². The molecule has 6 heteroatoms. The van der Waals surface area contributed by atoms with Gasteiger partial charge in [-0.15, -0.1) is 0 Å². The van der Waals surface area contributed by atoms with Crippen molar-refractivity contribution in [2.75, 3.05) is 44.9 Å². The van der Waals surface area contributed by atoms with Gasteiger partial charge in [0.05, 0.1) is 27.8 Å². The van der Waals surface area contributed by atoms with E-state index in [-0.39, 0.29) is 16.1 Å². The molecule has 0 atom stereocenters. The highest BCUT2D eigenvalue weighted by Gasteiger charge is 2.52.